The van der Waals surface area contributed by atoms with Crippen LogP contribution in [0.25, 0.3) is 0 Å². The standard InChI is InChI=1S/2C15H22N2O4/c1-6-20-13(18)11-9(2)12(10-7-8-10)17(16-11)14(19)21-15(3,4)5;1-6-20-13(18)12-9(2)11(10-7-8-10)16-17(12)14(19)21-15(3,4)5/h2*10H,6-8H2,1-5H3. The van der Waals surface area contributed by atoms with Crippen molar-refractivity contribution < 1.29 is 38.1 Å². The number of hydrogen-bond donors (Lipinski definition) is 0. The van der Waals surface area contributed by atoms with E-state index in [0.717, 1.165) is 41.8 Å². The largest absolute Gasteiger partial charge is 0.461 e. The van der Waals surface area contributed by atoms with Crippen LogP contribution in [0.4, 0.5) is 9.59 Å². The fraction of sp³-hybridized carbons (Fsp3) is 0.667. The van der Waals surface area contributed by atoms with Gasteiger partial charge in [0.05, 0.1) is 24.6 Å². The highest BCUT2D eigenvalue weighted by Gasteiger charge is 2.37. The van der Waals surface area contributed by atoms with E-state index >= 15 is 0 Å². The lowest BCUT2D eigenvalue weighted by molar-refractivity contribution is 0.0432. The van der Waals surface area contributed by atoms with Crippen molar-refractivity contribution in [1.29, 1.82) is 0 Å². The topological polar surface area (TPSA) is 141 Å². The lowest BCUT2D eigenvalue weighted by atomic mass is 10.1. The van der Waals surface area contributed by atoms with Crippen LogP contribution in [0.1, 0.15) is 136 Å². The molecule has 0 radical (unpaired) electrons. The van der Waals surface area contributed by atoms with Gasteiger partial charge in [-0.3, -0.25) is 0 Å². The Bertz CT molecular complexity index is 1330. The smallest absolute Gasteiger partial charge is 0.436 e. The Morgan fingerprint density at radius 2 is 1.19 bits per heavy atom. The highest BCUT2D eigenvalue weighted by atomic mass is 16.6. The molecule has 12 heteroatoms. The zero-order valence-corrected chi connectivity index (χ0v) is 26.5. The Labute approximate surface area is 247 Å². The summed E-state index contributed by atoms with van der Waals surface area (Å²) in [5.74, 6) is -0.436. The first-order chi connectivity index (χ1) is 19.5. The second kappa shape index (κ2) is 12.7. The van der Waals surface area contributed by atoms with Crippen LogP contribution in [0.5, 0.6) is 0 Å². The van der Waals surface area contributed by atoms with E-state index in [-0.39, 0.29) is 30.5 Å². The fourth-order valence-electron chi connectivity index (χ4n) is 4.32. The van der Waals surface area contributed by atoms with E-state index in [1.165, 1.54) is 4.68 Å². The Hall–Kier alpha value is -3.70. The maximum Gasteiger partial charge on any atom is 0.436 e. The maximum atomic E-state index is 12.3. The first-order valence-corrected chi connectivity index (χ1v) is 14.5. The van der Waals surface area contributed by atoms with E-state index in [4.69, 9.17) is 18.9 Å². The van der Waals surface area contributed by atoms with Gasteiger partial charge in [-0.15, -0.1) is 0 Å². The number of carbonyl (C=O) groups is 4. The second-order valence-corrected chi connectivity index (χ2v) is 12.5. The summed E-state index contributed by atoms with van der Waals surface area (Å²) in [6, 6.07) is 0. The van der Waals surface area contributed by atoms with E-state index < -0.39 is 35.3 Å². The molecule has 0 N–H and O–H groups in total. The van der Waals surface area contributed by atoms with Crippen molar-refractivity contribution in [2.75, 3.05) is 13.2 Å². The fourth-order valence-corrected chi connectivity index (χ4v) is 4.32. The normalized spacial score (nSPS) is 14.9. The monoisotopic (exact) mass is 588 g/mol. The van der Waals surface area contributed by atoms with Gasteiger partial charge in [-0.25, -0.2) is 19.2 Å². The molecule has 12 nitrogen and oxygen atoms in total. The van der Waals surface area contributed by atoms with Crippen molar-refractivity contribution in [2.45, 2.75) is 118 Å². The molecule has 2 heterocycles. The van der Waals surface area contributed by atoms with Crippen molar-refractivity contribution in [3.8, 4) is 0 Å². The summed E-state index contributed by atoms with van der Waals surface area (Å²) in [5, 5.41) is 8.44. The third-order valence-corrected chi connectivity index (χ3v) is 6.33. The van der Waals surface area contributed by atoms with E-state index in [1.807, 2.05) is 0 Å². The van der Waals surface area contributed by atoms with E-state index in [0.29, 0.717) is 17.0 Å². The number of rotatable bonds is 6. The number of esters is 2. The molecule has 2 aromatic heterocycles. The summed E-state index contributed by atoms with van der Waals surface area (Å²) in [7, 11) is 0. The van der Waals surface area contributed by atoms with Gasteiger partial charge in [-0.2, -0.15) is 19.6 Å². The van der Waals surface area contributed by atoms with Gasteiger partial charge in [0.1, 0.15) is 11.2 Å². The van der Waals surface area contributed by atoms with Gasteiger partial charge in [-0.05, 0) is 94.9 Å². The molecule has 0 saturated heterocycles. The number of carbonyl (C=O) groups excluding carboxylic acids is 4. The van der Waals surface area contributed by atoms with Crippen LogP contribution >= 0.6 is 0 Å². The molecule has 0 amide bonds. The minimum Gasteiger partial charge on any atom is -0.461 e. The molecule has 2 aromatic rings. The third-order valence-electron chi connectivity index (χ3n) is 6.33. The molecule has 0 bridgehead atoms. The van der Waals surface area contributed by atoms with Gasteiger partial charge < -0.3 is 18.9 Å². The Morgan fingerprint density at radius 1 is 0.714 bits per heavy atom. The summed E-state index contributed by atoms with van der Waals surface area (Å²) in [6.07, 6.45) is 2.86. The van der Waals surface area contributed by atoms with Crippen LogP contribution < -0.4 is 0 Å². The molecule has 42 heavy (non-hydrogen) atoms. The molecule has 0 unspecified atom stereocenters. The van der Waals surface area contributed by atoms with Crippen LogP contribution in [0.3, 0.4) is 0 Å². The molecule has 2 aliphatic carbocycles. The van der Waals surface area contributed by atoms with E-state index in [2.05, 4.69) is 10.2 Å². The predicted octanol–water partition coefficient (Wildman–Crippen LogP) is 6.06. The Balaban J connectivity index is 0.000000230. The van der Waals surface area contributed by atoms with Gasteiger partial charge in [0.15, 0.2) is 11.4 Å². The van der Waals surface area contributed by atoms with Crippen LogP contribution in [-0.2, 0) is 18.9 Å². The van der Waals surface area contributed by atoms with Crippen LogP contribution in [0.2, 0.25) is 0 Å². The zero-order valence-electron chi connectivity index (χ0n) is 26.5. The summed E-state index contributed by atoms with van der Waals surface area (Å²) in [5.41, 5.74) is 2.10. The average Bonchev–Trinajstić information content (AvgIpc) is 3.79. The van der Waals surface area contributed by atoms with Crippen LogP contribution in [0.15, 0.2) is 0 Å². The van der Waals surface area contributed by atoms with Gasteiger partial charge in [0.25, 0.3) is 0 Å². The number of nitrogens with zero attached hydrogens (tertiary/aromatic N) is 4. The minimum atomic E-state index is -0.652. The quantitative estimate of drug-likeness (QED) is 0.289. The molecule has 2 aliphatic rings. The highest BCUT2D eigenvalue weighted by Crippen LogP contribution is 2.43. The Morgan fingerprint density at radius 3 is 1.64 bits per heavy atom. The minimum absolute atomic E-state index is 0.174. The summed E-state index contributed by atoms with van der Waals surface area (Å²) in [4.78, 5) is 48.6. The van der Waals surface area contributed by atoms with Crippen molar-refractivity contribution in [3.63, 3.8) is 0 Å². The average molecular weight is 589 g/mol. The number of aromatic nitrogens is 4. The third kappa shape index (κ3) is 8.19. The summed E-state index contributed by atoms with van der Waals surface area (Å²) in [6.45, 7) is 18.3. The number of hydrogen-bond acceptors (Lipinski definition) is 10. The molecule has 0 spiro atoms. The molecular weight excluding hydrogens is 544 g/mol. The van der Waals surface area contributed by atoms with Gasteiger partial charge in [-0.1, -0.05) is 0 Å². The van der Waals surface area contributed by atoms with Crippen LogP contribution in [-0.4, -0.2) is 68.1 Å². The van der Waals surface area contributed by atoms with E-state index in [9.17, 15) is 19.2 Å². The predicted molar refractivity (Wildman–Crippen MR) is 153 cm³/mol. The van der Waals surface area contributed by atoms with Gasteiger partial charge >= 0.3 is 24.1 Å². The molecule has 0 aliphatic heterocycles. The lowest BCUT2D eigenvalue weighted by Gasteiger charge is -2.19. The summed E-state index contributed by atoms with van der Waals surface area (Å²) >= 11 is 0. The van der Waals surface area contributed by atoms with E-state index in [1.54, 1.807) is 69.2 Å². The maximum absolute atomic E-state index is 12.3. The second-order valence-electron chi connectivity index (χ2n) is 12.5. The van der Waals surface area contributed by atoms with Gasteiger partial charge in [0.2, 0.25) is 0 Å². The van der Waals surface area contributed by atoms with Crippen molar-refractivity contribution in [3.05, 3.63) is 33.9 Å². The first-order valence-electron chi connectivity index (χ1n) is 14.5. The SMILES string of the molecule is CCOC(=O)c1c(C)c(C2CC2)nn1C(=O)OC(C)(C)C.CCOC(=O)c1nn(C(=O)OC(C)(C)C)c(C2CC2)c1C. The zero-order chi connectivity index (χ0) is 31.6. The lowest BCUT2D eigenvalue weighted by Crippen LogP contribution is -2.30. The molecule has 4 rings (SSSR count). The molecule has 2 fully saturated rings. The highest BCUT2D eigenvalue weighted by molar-refractivity contribution is 5.93. The number of ether oxygens (including phenoxy) is 4. The molecule has 232 valence electrons. The molecular formula is C30H44N4O8. The molecule has 0 aromatic carbocycles. The molecule has 0 atom stereocenters. The Kier molecular flexibility index (Phi) is 9.89. The van der Waals surface area contributed by atoms with Gasteiger partial charge in [0, 0.05) is 23.0 Å². The molecule has 2 saturated carbocycles. The first kappa shape index (κ1) is 32.8. The van der Waals surface area contributed by atoms with Crippen LogP contribution in [0, 0.1) is 13.8 Å². The summed E-state index contributed by atoms with van der Waals surface area (Å²) < 4.78 is 23.0. The van der Waals surface area contributed by atoms with Crippen molar-refractivity contribution >= 4 is 24.1 Å². The van der Waals surface area contributed by atoms with Crippen molar-refractivity contribution in [2.24, 2.45) is 0 Å². The van der Waals surface area contributed by atoms with Crippen molar-refractivity contribution in [1.82, 2.24) is 19.6 Å².